The molecule has 1 aliphatic heterocycles. The van der Waals surface area contributed by atoms with E-state index in [1.165, 1.54) is 0 Å². The fourth-order valence-corrected chi connectivity index (χ4v) is 2.67. The van der Waals surface area contributed by atoms with Crippen molar-refractivity contribution in [3.8, 4) is 0 Å². The number of benzene rings is 2. The number of hydrogen-bond acceptors (Lipinski definition) is 2. The van der Waals surface area contributed by atoms with Crippen LogP contribution in [0.15, 0.2) is 53.0 Å². The van der Waals surface area contributed by atoms with Crippen LogP contribution in [0.2, 0.25) is 0 Å². The van der Waals surface area contributed by atoms with Crippen LogP contribution in [0.4, 0.5) is 11.4 Å². The van der Waals surface area contributed by atoms with Crippen LogP contribution >= 0.6 is 15.9 Å². The Morgan fingerprint density at radius 2 is 1.86 bits per heavy atom. The molecule has 0 aliphatic carbocycles. The van der Waals surface area contributed by atoms with Gasteiger partial charge in [0, 0.05) is 22.3 Å². The van der Waals surface area contributed by atoms with E-state index in [0.29, 0.717) is 11.4 Å². The van der Waals surface area contributed by atoms with Crippen LogP contribution < -0.4 is 10.6 Å². The van der Waals surface area contributed by atoms with Gasteiger partial charge in [-0.2, -0.15) is 0 Å². The third kappa shape index (κ3) is 2.97. The van der Waals surface area contributed by atoms with Gasteiger partial charge in [0.05, 0.1) is 5.92 Å². The molecule has 1 aliphatic rings. The first-order chi connectivity index (χ1) is 10.1. The lowest BCUT2D eigenvalue weighted by atomic mass is 9.90. The molecule has 0 bridgehead atoms. The zero-order valence-corrected chi connectivity index (χ0v) is 12.7. The largest absolute Gasteiger partial charge is 0.326 e. The molecule has 0 fully saturated rings. The zero-order chi connectivity index (χ0) is 14.8. The summed E-state index contributed by atoms with van der Waals surface area (Å²) >= 11 is 3.35. The van der Waals surface area contributed by atoms with E-state index in [1.807, 2.05) is 48.5 Å². The van der Waals surface area contributed by atoms with Crippen LogP contribution in [0.3, 0.4) is 0 Å². The second-order valence-electron chi connectivity index (χ2n) is 4.89. The number of para-hydroxylation sites is 1. The van der Waals surface area contributed by atoms with Crippen molar-refractivity contribution in [3.63, 3.8) is 0 Å². The quantitative estimate of drug-likeness (QED) is 0.875. The lowest BCUT2D eigenvalue weighted by Gasteiger charge is -2.24. The molecular formula is C16H13BrN2O2. The van der Waals surface area contributed by atoms with Gasteiger partial charge < -0.3 is 10.6 Å². The highest BCUT2D eigenvalue weighted by molar-refractivity contribution is 9.10. The number of carbonyl (C=O) groups is 2. The minimum atomic E-state index is -0.460. The van der Waals surface area contributed by atoms with E-state index in [2.05, 4.69) is 26.6 Å². The standard InChI is InChI=1S/C16H13BrN2O2/c17-10-5-7-11(8-6-10)18-16(21)13-9-15(20)19-14-4-2-1-3-12(13)14/h1-8,13H,9H2,(H,18,21)(H,19,20). The molecule has 1 atom stereocenters. The van der Waals surface area contributed by atoms with E-state index in [4.69, 9.17) is 0 Å². The number of rotatable bonds is 2. The molecule has 0 saturated heterocycles. The molecule has 0 radical (unpaired) electrons. The van der Waals surface area contributed by atoms with Crippen LogP contribution in [0, 0.1) is 0 Å². The molecule has 0 aromatic heterocycles. The Morgan fingerprint density at radius 1 is 1.14 bits per heavy atom. The minimum Gasteiger partial charge on any atom is -0.326 e. The van der Waals surface area contributed by atoms with Gasteiger partial charge in [0.1, 0.15) is 0 Å². The predicted octanol–water partition coefficient (Wildman–Crippen LogP) is 3.51. The summed E-state index contributed by atoms with van der Waals surface area (Å²) < 4.78 is 0.947. The lowest BCUT2D eigenvalue weighted by molar-refractivity contribution is -0.123. The first kappa shape index (κ1) is 13.8. The molecule has 2 aromatic carbocycles. The van der Waals surface area contributed by atoms with Crippen molar-refractivity contribution in [2.45, 2.75) is 12.3 Å². The van der Waals surface area contributed by atoms with Gasteiger partial charge >= 0.3 is 0 Å². The first-order valence-corrected chi connectivity index (χ1v) is 7.38. The number of hydrogen-bond donors (Lipinski definition) is 2. The molecule has 106 valence electrons. The number of anilines is 2. The van der Waals surface area contributed by atoms with Gasteiger partial charge in [-0.25, -0.2) is 0 Å². The van der Waals surface area contributed by atoms with Crippen molar-refractivity contribution >= 4 is 39.1 Å². The van der Waals surface area contributed by atoms with Crippen LogP contribution in [0.1, 0.15) is 17.9 Å². The molecule has 1 unspecified atom stereocenters. The zero-order valence-electron chi connectivity index (χ0n) is 11.1. The lowest BCUT2D eigenvalue weighted by Crippen LogP contribution is -2.30. The summed E-state index contributed by atoms with van der Waals surface area (Å²) in [4.78, 5) is 24.2. The van der Waals surface area contributed by atoms with Crippen molar-refractivity contribution in [3.05, 3.63) is 58.6 Å². The molecular weight excluding hydrogens is 332 g/mol. The summed E-state index contributed by atoms with van der Waals surface area (Å²) in [5.41, 5.74) is 2.28. The normalized spacial score (nSPS) is 16.8. The van der Waals surface area contributed by atoms with Gasteiger partial charge in [-0.15, -0.1) is 0 Å². The van der Waals surface area contributed by atoms with Crippen molar-refractivity contribution in [2.75, 3.05) is 10.6 Å². The maximum Gasteiger partial charge on any atom is 0.232 e. The third-order valence-electron chi connectivity index (χ3n) is 3.43. The number of nitrogens with one attached hydrogen (secondary N) is 2. The van der Waals surface area contributed by atoms with Gasteiger partial charge in [0.25, 0.3) is 0 Å². The third-order valence-corrected chi connectivity index (χ3v) is 3.96. The summed E-state index contributed by atoms with van der Waals surface area (Å²) in [7, 11) is 0. The van der Waals surface area contributed by atoms with E-state index in [9.17, 15) is 9.59 Å². The van der Waals surface area contributed by atoms with Crippen LogP contribution in [-0.2, 0) is 9.59 Å². The highest BCUT2D eigenvalue weighted by Crippen LogP contribution is 2.32. The second kappa shape index (κ2) is 5.69. The van der Waals surface area contributed by atoms with E-state index in [0.717, 1.165) is 10.0 Å². The maximum absolute atomic E-state index is 12.5. The van der Waals surface area contributed by atoms with Gasteiger partial charge in [0.2, 0.25) is 11.8 Å². The minimum absolute atomic E-state index is 0.135. The predicted molar refractivity (Wildman–Crippen MR) is 85.2 cm³/mol. The highest BCUT2D eigenvalue weighted by Gasteiger charge is 2.30. The maximum atomic E-state index is 12.5. The fraction of sp³-hybridized carbons (Fsp3) is 0.125. The van der Waals surface area contributed by atoms with E-state index in [1.54, 1.807) is 0 Å². The molecule has 0 spiro atoms. The smallest absolute Gasteiger partial charge is 0.232 e. The molecule has 2 N–H and O–H groups in total. The Morgan fingerprint density at radius 3 is 2.62 bits per heavy atom. The molecule has 5 heteroatoms. The summed E-state index contributed by atoms with van der Waals surface area (Å²) in [6.07, 6.45) is 0.166. The Kier molecular flexibility index (Phi) is 3.75. The van der Waals surface area contributed by atoms with E-state index >= 15 is 0 Å². The molecule has 1 heterocycles. The van der Waals surface area contributed by atoms with Gasteiger partial charge in [0.15, 0.2) is 0 Å². The molecule has 2 aromatic rings. The van der Waals surface area contributed by atoms with E-state index in [-0.39, 0.29) is 18.2 Å². The first-order valence-electron chi connectivity index (χ1n) is 6.59. The van der Waals surface area contributed by atoms with Crippen LogP contribution in [-0.4, -0.2) is 11.8 Å². The Balaban J connectivity index is 1.84. The fourth-order valence-electron chi connectivity index (χ4n) is 2.41. The molecule has 21 heavy (non-hydrogen) atoms. The highest BCUT2D eigenvalue weighted by atomic mass is 79.9. The average Bonchev–Trinajstić information content (AvgIpc) is 2.48. The summed E-state index contributed by atoms with van der Waals surface area (Å²) in [5, 5.41) is 5.65. The number of fused-ring (bicyclic) bond motifs is 1. The summed E-state index contributed by atoms with van der Waals surface area (Å²) in [6.45, 7) is 0. The van der Waals surface area contributed by atoms with Crippen molar-refractivity contribution in [2.24, 2.45) is 0 Å². The molecule has 3 rings (SSSR count). The van der Waals surface area contributed by atoms with Crippen molar-refractivity contribution in [1.29, 1.82) is 0 Å². The Hall–Kier alpha value is -2.14. The van der Waals surface area contributed by atoms with Gasteiger partial charge in [-0.3, -0.25) is 9.59 Å². The molecule has 2 amide bonds. The Labute approximate surface area is 130 Å². The monoisotopic (exact) mass is 344 g/mol. The SMILES string of the molecule is O=C1CC(C(=O)Nc2ccc(Br)cc2)c2ccccc2N1. The van der Waals surface area contributed by atoms with Gasteiger partial charge in [-0.05, 0) is 35.9 Å². The molecule has 4 nitrogen and oxygen atoms in total. The summed E-state index contributed by atoms with van der Waals surface area (Å²) in [5.74, 6) is -0.761. The van der Waals surface area contributed by atoms with E-state index < -0.39 is 5.92 Å². The summed E-state index contributed by atoms with van der Waals surface area (Å²) in [6, 6.07) is 14.7. The number of amides is 2. The number of carbonyl (C=O) groups excluding carboxylic acids is 2. The topological polar surface area (TPSA) is 58.2 Å². The Bertz CT molecular complexity index is 698. The average molecular weight is 345 g/mol. The number of halogens is 1. The van der Waals surface area contributed by atoms with Gasteiger partial charge in [-0.1, -0.05) is 34.1 Å². The second-order valence-corrected chi connectivity index (χ2v) is 5.80. The molecule has 0 saturated carbocycles. The van der Waals surface area contributed by atoms with Crippen molar-refractivity contribution in [1.82, 2.24) is 0 Å². The van der Waals surface area contributed by atoms with Crippen molar-refractivity contribution < 1.29 is 9.59 Å². The van der Waals surface area contributed by atoms with Crippen LogP contribution in [0.25, 0.3) is 0 Å². The van der Waals surface area contributed by atoms with Crippen LogP contribution in [0.5, 0.6) is 0 Å².